The standard InChI is InChI=1S/C23H17Cl2F3N2O3/c1-14-22(32,15-3-2-4-20(13-15)33-23(26,27)28)30(19-11-7-17(25)8-12-19)21(31)29(14)18-9-5-16(24)6-10-18/h2-14,32H,1H3. The number of ether oxygens (including phenoxy) is 1. The van der Waals surface area contributed by atoms with E-state index in [9.17, 15) is 23.1 Å². The van der Waals surface area contributed by atoms with Crippen molar-refractivity contribution in [2.24, 2.45) is 0 Å². The third-order valence-corrected chi connectivity index (χ3v) is 5.89. The molecule has 1 aliphatic rings. The first-order valence-corrected chi connectivity index (χ1v) is 10.5. The molecule has 0 radical (unpaired) electrons. The molecular weight excluding hydrogens is 480 g/mol. The molecule has 5 nitrogen and oxygen atoms in total. The molecule has 3 aromatic rings. The molecule has 0 saturated carbocycles. The third-order valence-electron chi connectivity index (χ3n) is 5.39. The lowest BCUT2D eigenvalue weighted by molar-refractivity contribution is -0.274. The Morgan fingerprint density at radius 2 is 1.48 bits per heavy atom. The molecule has 33 heavy (non-hydrogen) atoms. The van der Waals surface area contributed by atoms with Crippen LogP contribution in [0.1, 0.15) is 12.5 Å². The van der Waals surface area contributed by atoms with E-state index in [1.165, 1.54) is 17.0 Å². The Labute approximate surface area is 197 Å². The molecule has 172 valence electrons. The van der Waals surface area contributed by atoms with Crippen LogP contribution in [-0.2, 0) is 5.72 Å². The number of urea groups is 1. The molecule has 1 heterocycles. The van der Waals surface area contributed by atoms with Crippen molar-refractivity contribution in [1.82, 2.24) is 0 Å². The summed E-state index contributed by atoms with van der Waals surface area (Å²) in [4.78, 5) is 16.1. The molecule has 0 aliphatic carbocycles. The summed E-state index contributed by atoms with van der Waals surface area (Å²) in [6.07, 6.45) is -4.91. The van der Waals surface area contributed by atoms with Gasteiger partial charge in [-0.25, -0.2) is 4.79 Å². The summed E-state index contributed by atoms with van der Waals surface area (Å²) < 4.78 is 42.4. The van der Waals surface area contributed by atoms with Gasteiger partial charge in [0.25, 0.3) is 0 Å². The minimum absolute atomic E-state index is 0.0384. The smallest absolute Gasteiger partial charge is 0.406 e. The van der Waals surface area contributed by atoms with Gasteiger partial charge in [-0.2, -0.15) is 0 Å². The van der Waals surface area contributed by atoms with E-state index < -0.39 is 29.9 Å². The van der Waals surface area contributed by atoms with Gasteiger partial charge in [0.15, 0.2) is 5.72 Å². The first kappa shape index (κ1) is 23.2. The lowest BCUT2D eigenvalue weighted by atomic mass is 9.94. The van der Waals surface area contributed by atoms with Crippen LogP contribution in [0, 0.1) is 0 Å². The van der Waals surface area contributed by atoms with Crippen molar-refractivity contribution in [1.29, 1.82) is 0 Å². The molecule has 1 aliphatic heterocycles. The largest absolute Gasteiger partial charge is 0.573 e. The first-order valence-electron chi connectivity index (χ1n) is 9.74. The monoisotopic (exact) mass is 496 g/mol. The van der Waals surface area contributed by atoms with E-state index >= 15 is 0 Å². The van der Waals surface area contributed by atoms with Crippen molar-refractivity contribution >= 4 is 40.6 Å². The van der Waals surface area contributed by atoms with Crippen molar-refractivity contribution < 1.29 is 27.8 Å². The van der Waals surface area contributed by atoms with Crippen LogP contribution >= 0.6 is 23.2 Å². The molecule has 0 spiro atoms. The van der Waals surface area contributed by atoms with E-state index in [0.717, 1.165) is 17.0 Å². The van der Waals surface area contributed by atoms with Crippen molar-refractivity contribution in [2.75, 3.05) is 9.80 Å². The number of hydrogen-bond donors (Lipinski definition) is 1. The Hall–Kier alpha value is -2.94. The van der Waals surface area contributed by atoms with E-state index in [-0.39, 0.29) is 5.56 Å². The van der Waals surface area contributed by atoms with E-state index in [1.54, 1.807) is 55.5 Å². The van der Waals surface area contributed by atoms with Crippen LogP contribution in [0.4, 0.5) is 29.3 Å². The fraction of sp³-hybridized carbons (Fsp3) is 0.174. The topological polar surface area (TPSA) is 53.0 Å². The molecule has 2 amide bonds. The summed E-state index contributed by atoms with van der Waals surface area (Å²) in [5.41, 5.74) is -1.25. The van der Waals surface area contributed by atoms with Crippen LogP contribution in [0.25, 0.3) is 0 Å². The second-order valence-corrected chi connectivity index (χ2v) is 8.29. The molecule has 2 unspecified atom stereocenters. The van der Waals surface area contributed by atoms with Gasteiger partial charge < -0.3 is 9.84 Å². The highest BCUT2D eigenvalue weighted by Gasteiger charge is 2.57. The van der Waals surface area contributed by atoms with Crippen molar-refractivity contribution in [3.63, 3.8) is 0 Å². The number of aliphatic hydroxyl groups is 1. The normalized spacial score (nSPS) is 20.9. The van der Waals surface area contributed by atoms with E-state index in [2.05, 4.69) is 4.74 Å². The third kappa shape index (κ3) is 4.34. The number of carbonyl (C=O) groups is 1. The van der Waals surface area contributed by atoms with Crippen molar-refractivity contribution in [2.45, 2.75) is 25.1 Å². The quantitative estimate of drug-likeness (QED) is 0.444. The van der Waals surface area contributed by atoms with Gasteiger partial charge in [0, 0.05) is 27.0 Å². The maximum Gasteiger partial charge on any atom is 0.573 e. The maximum absolute atomic E-state index is 13.6. The second-order valence-electron chi connectivity index (χ2n) is 7.42. The maximum atomic E-state index is 13.6. The lowest BCUT2D eigenvalue weighted by Crippen LogP contribution is -2.48. The highest BCUT2D eigenvalue weighted by molar-refractivity contribution is 6.31. The van der Waals surface area contributed by atoms with Crippen LogP contribution in [-0.4, -0.2) is 23.5 Å². The zero-order valence-corrected chi connectivity index (χ0v) is 18.6. The van der Waals surface area contributed by atoms with Crippen LogP contribution in [0.2, 0.25) is 10.0 Å². The van der Waals surface area contributed by atoms with Gasteiger partial charge >= 0.3 is 12.4 Å². The Kier molecular flexibility index (Phi) is 5.94. The minimum atomic E-state index is -4.91. The van der Waals surface area contributed by atoms with Gasteiger partial charge in [0.05, 0.1) is 6.04 Å². The number of rotatable bonds is 4. The van der Waals surface area contributed by atoms with Gasteiger partial charge in [-0.1, -0.05) is 35.3 Å². The number of halogens is 5. The minimum Gasteiger partial charge on any atom is -0.406 e. The highest BCUT2D eigenvalue weighted by atomic mass is 35.5. The SMILES string of the molecule is CC1N(c2ccc(Cl)cc2)C(=O)N(c2ccc(Cl)cc2)C1(O)c1cccc(OC(F)(F)F)c1. The van der Waals surface area contributed by atoms with Crippen LogP contribution in [0.3, 0.4) is 0 Å². The fourth-order valence-corrected chi connectivity index (χ4v) is 4.16. The highest BCUT2D eigenvalue weighted by Crippen LogP contribution is 2.45. The van der Waals surface area contributed by atoms with Crippen LogP contribution in [0.5, 0.6) is 5.75 Å². The number of carbonyl (C=O) groups excluding carboxylic acids is 1. The average Bonchev–Trinajstić information content (AvgIpc) is 2.95. The molecule has 2 atom stereocenters. The molecule has 0 bridgehead atoms. The van der Waals surface area contributed by atoms with Gasteiger partial charge in [-0.15, -0.1) is 13.2 Å². The fourth-order valence-electron chi connectivity index (χ4n) is 3.91. The Morgan fingerprint density at radius 3 is 2.03 bits per heavy atom. The predicted molar refractivity (Wildman–Crippen MR) is 120 cm³/mol. The molecule has 3 aromatic carbocycles. The molecule has 1 fully saturated rings. The first-order chi connectivity index (χ1) is 15.5. The number of hydrogen-bond acceptors (Lipinski definition) is 3. The summed E-state index contributed by atoms with van der Waals surface area (Å²) in [7, 11) is 0. The summed E-state index contributed by atoms with van der Waals surface area (Å²) in [6, 6.07) is 16.0. The summed E-state index contributed by atoms with van der Waals surface area (Å²) in [5.74, 6) is -0.519. The number of amides is 2. The van der Waals surface area contributed by atoms with E-state index in [1.807, 2.05) is 0 Å². The van der Waals surface area contributed by atoms with Gasteiger partial charge in [-0.3, -0.25) is 9.80 Å². The van der Waals surface area contributed by atoms with Gasteiger partial charge in [0.1, 0.15) is 5.75 Å². The number of alkyl halides is 3. The summed E-state index contributed by atoms with van der Waals surface area (Å²) in [5, 5.41) is 12.8. The number of nitrogens with zero attached hydrogens (tertiary/aromatic N) is 2. The molecule has 1 N–H and O–H groups in total. The van der Waals surface area contributed by atoms with Gasteiger partial charge in [0.2, 0.25) is 0 Å². The Balaban J connectivity index is 1.87. The van der Waals surface area contributed by atoms with Crippen LogP contribution in [0.15, 0.2) is 72.8 Å². The second kappa shape index (κ2) is 8.44. The number of anilines is 2. The average molecular weight is 497 g/mol. The van der Waals surface area contributed by atoms with E-state index in [0.29, 0.717) is 21.4 Å². The zero-order chi connectivity index (χ0) is 24.0. The predicted octanol–water partition coefficient (Wildman–Crippen LogP) is 6.57. The van der Waals surface area contributed by atoms with Gasteiger partial charge in [-0.05, 0) is 67.6 Å². The Morgan fingerprint density at radius 1 is 0.939 bits per heavy atom. The van der Waals surface area contributed by atoms with Crippen molar-refractivity contribution in [3.8, 4) is 5.75 Å². The molecule has 0 aromatic heterocycles. The summed E-state index contributed by atoms with van der Waals surface area (Å²) >= 11 is 12.0. The molecule has 10 heteroatoms. The van der Waals surface area contributed by atoms with E-state index in [4.69, 9.17) is 23.2 Å². The lowest BCUT2D eigenvalue weighted by Gasteiger charge is -2.36. The number of benzene rings is 3. The van der Waals surface area contributed by atoms with Crippen molar-refractivity contribution in [3.05, 3.63) is 88.4 Å². The summed E-state index contributed by atoms with van der Waals surface area (Å²) in [6.45, 7) is 1.60. The molecule has 4 rings (SSSR count). The molecule has 1 saturated heterocycles. The molecular formula is C23H17Cl2F3N2O3. The van der Waals surface area contributed by atoms with Crippen LogP contribution < -0.4 is 14.5 Å². The Bertz CT molecular complexity index is 1170. The zero-order valence-electron chi connectivity index (χ0n) is 17.1.